The molecule has 0 saturated heterocycles. The van der Waals surface area contributed by atoms with E-state index in [-0.39, 0.29) is 24.0 Å². The Bertz CT molecular complexity index is 703. The van der Waals surface area contributed by atoms with Crippen LogP contribution in [0.3, 0.4) is 0 Å². The van der Waals surface area contributed by atoms with Crippen molar-refractivity contribution in [3.63, 3.8) is 0 Å². The zero-order chi connectivity index (χ0) is 17.7. The van der Waals surface area contributed by atoms with E-state index in [9.17, 15) is 25.0 Å². The average Bonchev–Trinajstić information content (AvgIpc) is 3.01. The fraction of sp³-hybridized carbons (Fsp3) is 0.429. The van der Waals surface area contributed by atoms with Gasteiger partial charge in [0.05, 0.1) is 34.1 Å². The largest absolute Gasteiger partial charge is 0.465 e. The van der Waals surface area contributed by atoms with E-state index in [2.05, 4.69) is 10.5 Å². The number of carbonyl (C=O) groups is 1. The van der Waals surface area contributed by atoms with Gasteiger partial charge in [0, 0.05) is 6.07 Å². The van der Waals surface area contributed by atoms with Crippen LogP contribution in [-0.4, -0.2) is 28.1 Å². The molecule has 1 atom stereocenters. The number of nitro groups is 2. The molecule has 0 aliphatic heterocycles. The molecule has 0 unspecified atom stereocenters. The number of esters is 1. The van der Waals surface area contributed by atoms with Gasteiger partial charge in [0.15, 0.2) is 0 Å². The average molecular weight is 336 g/mol. The van der Waals surface area contributed by atoms with Gasteiger partial charge in [-0.05, 0) is 32.3 Å². The number of benzene rings is 1. The summed E-state index contributed by atoms with van der Waals surface area (Å²) < 4.78 is 4.98. The molecule has 1 fully saturated rings. The van der Waals surface area contributed by atoms with Crippen molar-refractivity contribution in [1.29, 1.82) is 0 Å². The van der Waals surface area contributed by atoms with Gasteiger partial charge in [-0.15, -0.1) is 0 Å². The van der Waals surface area contributed by atoms with E-state index < -0.39 is 21.5 Å². The van der Waals surface area contributed by atoms with Gasteiger partial charge < -0.3 is 4.74 Å². The van der Waals surface area contributed by atoms with Crippen LogP contribution >= 0.6 is 0 Å². The standard InChI is InChI=1S/C14H16N4O6/c1-2-24-14(19)10-4-3-5-11(10)15-16-12-7-6-9(17(20)21)8-13(12)18(22)23/h6-8,10,16H,2-5H2,1H3/b15-11-/t10-/m1/s1. The first-order valence-electron chi connectivity index (χ1n) is 7.36. The van der Waals surface area contributed by atoms with E-state index in [4.69, 9.17) is 4.74 Å². The molecule has 2 rings (SSSR count). The smallest absolute Gasteiger partial charge is 0.314 e. The molecule has 1 saturated carbocycles. The third-order valence-electron chi connectivity index (χ3n) is 3.61. The number of carbonyl (C=O) groups excluding carboxylic acids is 1. The van der Waals surface area contributed by atoms with Gasteiger partial charge in [-0.3, -0.25) is 30.4 Å². The predicted octanol–water partition coefficient (Wildman–Crippen LogP) is 2.63. The van der Waals surface area contributed by atoms with Crippen LogP contribution in [-0.2, 0) is 9.53 Å². The van der Waals surface area contributed by atoms with E-state index in [1.54, 1.807) is 6.92 Å². The molecule has 1 aromatic rings. The molecular weight excluding hydrogens is 320 g/mol. The van der Waals surface area contributed by atoms with E-state index >= 15 is 0 Å². The number of non-ortho nitro benzene ring substituents is 1. The first kappa shape index (κ1) is 17.3. The zero-order valence-corrected chi connectivity index (χ0v) is 12.9. The van der Waals surface area contributed by atoms with E-state index in [1.165, 1.54) is 6.07 Å². The predicted molar refractivity (Wildman–Crippen MR) is 84.8 cm³/mol. The van der Waals surface area contributed by atoms with Gasteiger partial charge >= 0.3 is 11.7 Å². The Morgan fingerprint density at radius 2 is 2.12 bits per heavy atom. The van der Waals surface area contributed by atoms with Crippen molar-refractivity contribution >= 4 is 28.7 Å². The summed E-state index contributed by atoms with van der Waals surface area (Å²) in [5.74, 6) is -0.830. The molecule has 1 aliphatic carbocycles. The molecule has 1 N–H and O–H groups in total. The summed E-state index contributed by atoms with van der Waals surface area (Å²) in [6.45, 7) is 1.98. The third-order valence-corrected chi connectivity index (χ3v) is 3.61. The zero-order valence-electron chi connectivity index (χ0n) is 12.9. The van der Waals surface area contributed by atoms with Crippen molar-refractivity contribution in [3.05, 3.63) is 38.4 Å². The normalized spacial score (nSPS) is 18.4. The van der Waals surface area contributed by atoms with E-state index in [0.717, 1.165) is 18.6 Å². The van der Waals surface area contributed by atoms with Gasteiger partial charge in [0.1, 0.15) is 5.69 Å². The lowest BCUT2D eigenvalue weighted by atomic mass is 10.1. The minimum atomic E-state index is -0.729. The lowest BCUT2D eigenvalue weighted by Gasteiger charge is -2.10. The molecular formula is C14H16N4O6. The highest BCUT2D eigenvalue weighted by Gasteiger charge is 2.31. The van der Waals surface area contributed by atoms with Crippen LogP contribution in [0.1, 0.15) is 26.2 Å². The number of nitrogens with zero attached hydrogens (tertiary/aromatic N) is 3. The summed E-state index contributed by atoms with van der Waals surface area (Å²) in [7, 11) is 0. The fourth-order valence-electron chi connectivity index (χ4n) is 2.47. The van der Waals surface area contributed by atoms with Gasteiger partial charge in [-0.2, -0.15) is 5.10 Å². The highest BCUT2D eigenvalue weighted by molar-refractivity contribution is 6.03. The second-order valence-electron chi connectivity index (χ2n) is 5.13. The Hall–Kier alpha value is -3.04. The summed E-state index contributed by atoms with van der Waals surface area (Å²) in [5.41, 5.74) is 2.28. The third kappa shape index (κ3) is 3.83. The topological polar surface area (TPSA) is 137 Å². The van der Waals surface area contributed by atoms with Crippen LogP contribution in [0, 0.1) is 26.1 Å². The van der Waals surface area contributed by atoms with Crippen molar-refractivity contribution in [1.82, 2.24) is 0 Å². The highest BCUT2D eigenvalue weighted by atomic mass is 16.6. The maximum absolute atomic E-state index is 11.8. The van der Waals surface area contributed by atoms with Crippen molar-refractivity contribution in [2.75, 3.05) is 12.0 Å². The summed E-state index contributed by atoms with van der Waals surface area (Å²) in [6.07, 6.45) is 1.96. The van der Waals surface area contributed by atoms with Gasteiger partial charge in [0.25, 0.3) is 5.69 Å². The van der Waals surface area contributed by atoms with Crippen LogP contribution < -0.4 is 5.43 Å². The molecule has 0 aromatic heterocycles. The molecule has 0 radical (unpaired) electrons. The van der Waals surface area contributed by atoms with E-state index in [0.29, 0.717) is 18.6 Å². The molecule has 0 amide bonds. The number of hydrazone groups is 1. The summed E-state index contributed by atoms with van der Waals surface area (Å²) in [6, 6.07) is 3.22. The number of nitro benzene ring substituents is 2. The lowest BCUT2D eigenvalue weighted by Crippen LogP contribution is -2.22. The molecule has 24 heavy (non-hydrogen) atoms. The molecule has 0 heterocycles. The molecule has 1 aromatic carbocycles. The molecule has 1 aliphatic rings. The minimum absolute atomic E-state index is 0.0209. The second-order valence-corrected chi connectivity index (χ2v) is 5.13. The Balaban J connectivity index is 2.22. The Morgan fingerprint density at radius 1 is 1.38 bits per heavy atom. The maximum Gasteiger partial charge on any atom is 0.314 e. The fourth-order valence-corrected chi connectivity index (χ4v) is 2.47. The van der Waals surface area contributed by atoms with Crippen molar-refractivity contribution < 1.29 is 19.4 Å². The Morgan fingerprint density at radius 3 is 2.75 bits per heavy atom. The SMILES string of the molecule is CCOC(=O)[C@@H]1CCC/C1=N/Nc1ccc([N+](=O)[O-])cc1[N+](=O)[O-]. The lowest BCUT2D eigenvalue weighted by molar-refractivity contribution is -0.393. The van der Waals surface area contributed by atoms with Crippen LogP contribution in [0.4, 0.5) is 17.1 Å². The number of hydrogen-bond donors (Lipinski definition) is 1. The van der Waals surface area contributed by atoms with Crippen molar-refractivity contribution in [2.24, 2.45) is 11.0 Å². The molecule has 0 bridgehead atoms. The molecule has 128 valence electrons. The number of anilines is 1. The number of ether oxygens (including phenoxy) is 1. The van der Waals surface area contributed by atoms with Gasteiger partial charge in [-0.1, -0.05) is 0 Å². The van der Waals surface area contributed by atoms with Crippen LogP contribution in [0.25, 0.3) is 0 Å². The Kier molecular flexibility index (Phi) is 5.40. The molecule has 10 nitrogen and oxygen atoms in total. The minimum Gasteiger partial charge on any atom is -0.465 e. The van der Waals surface area contributed by atoms with E-state index in [1.807, 2.05) is 0 Å². The second kappa shape index (κ2) is 7.49. The summed E-state index contributed by atoms with van der Waals surface area (Å²) >= 11 is 0. The number of nitrogens with one attached hydrogen (secondary N) is 1. The number of hydrogen-bond acceptors (Lipinski definition) is 8. The maximum atomic E-state index is 11.8. The monoisotopic (exact) mass is 336 g/mol. The summed E-state index contributed by atoms with van der Waals surface area (Å²) in [4.78, 5) is 32.2. The van der Waals surface area contributed by atoms with Crippen LogP contribution in [0.2, 0.25) is 0 Å². The van der Waals surface area contributed by atoms with Crippen molar-refractivity contribution in [3.8, 4) is 0 Å². The first-order valence-corrected chi connectivity index (χ1v) is 7.36. The summed E-state index contributed by atoms with van der Waals surface area (Å²) in [5, 5.41) is 25.9. The van der Waals surface area contributed by atoms with Crippen LogP contribution in [0.5, 0.6) is 0 Å². The van der Waals surface area contributed by atoms with Gasteiger partial charge in [-0.25, -0.2) is 0 Å². The first-order chi connectivity index (χ1) is 11.4. The highest BCUT2D eigenvalue weighted by Crippen LogP contribution is 2.30. The molecule has 0 spiro atoms. The van der Waals surface area contributed by atoms with Crippen molar-refractivity contribution in [2.45, 2.75) is 26.2 Å². The van der Waals surface area contributed by atoms with Crippen LogP contribution in [0.15, 0.2) is 23.3 Å². The Labute approximate surface area is 136 Å². The quantitative estimate of drug-likeness (QED) is 0.479. The number of rotatable bonds is 6. The van der Waals surface area contributed by atoms with Gasteiger partial charge in [0.2, 0.25) is 0 Å². The molecule has 10 heteroatoms.